The molecule has 104 valence electrons. The smallest absolute Gasteiger partial charge is 0.237 e. The van der Waals surface area contributed by atoms with Crippen molar-refractivity contribution in [3.8, 4) is 0 Å². The van der Waals surface area contributed by atoms with Gasteiger partial charge < -0.3 is 4.90 Å². The molecule has 0 radical (unpaired) electrons. The van der Waals surface area contributed by atoms with Gasteiger partial charge in [-0.1, -0.05) is 46.0 Å². The quantitative estimate of drug-likeness (QED) is 0.816. The summed E-state index contributed by atoms with van der Waals surface area (Å²) in [6.45, 7) is 6.06. The number of nitrogens with one attached hydrogen (secondary N) is 1. The molecule has 3 heteroatoms. The molecule has 2 rings (SSSR count). The molecule has 1 aliphatic heterocycles. The number of hydrogen-bond acceptors (Lipinski definition) is 2. The van der Waals surface area contributed by atoms with E-state index in [1.54, 1.807) is 0 Å². The van der Waals surface area contributed by atoms with Crippen LogP contribution in [0.15, 0.2) is 0 Å². The van der Waals surface area contributed by atoms with Gasteiger partial charge in [-0.3, -0.25) is 10.1 Å². The molecule has 0 aromatic heterocycles. The summed E-state index contributed by atoms with van der Waals surface area (Å²) in [6, 6.07) is 0. The van der Waals surface area contributed by atoms with Crippen molar-refractivity contribution >= 4 is 5.91 Å². The highest BCUT2D eigenvalue weighted by Crippen LogP contribution is 2.30. The van der Waals surface area contributed by atoms with E-state index >= 15 is 0 Å². The van der Waals surface area contributed by atoms with Crippen molar-refractivity contribution in [3.63, 3.8) is 0 Å². The van der Waals surface area contributed by atoms with Crippen LogP contribution < -0.4 is 5.32 Å². The molecule has 1 amide bonds. The summed E-state index contributed by atoms with van der Waals surface area (Å²) in [5.41, 5.74) is 0. The molecule has 0 spiro atoms. The van der Waals surface area contributed by atoms with E-state index in [0.717, 1.165) is 31.2 Å². The zero-order valence-electron chi connectivity index (χ0n) is 12.0. The summed E-state index contributed by atoms with van der Waals surface area (Å²) in [4.78, 5) is 13.9. The molecule has 1 heterocycles. The van der Waals surface area contributed by atoms with E-state index in [2.05, 4.69) is 24.1 Å². The van der Waals surface area contributed by atoms with Crippen LogP contribution in [0.25, 0.3) is 0 Å². The molecule has 1 saturated carbocycles. The Kier molecular flexibility index (Phi) is 5.04. The molecular weight excluding hydrogens is 224 g/mol. The predicted molar refractivity (Wildman–Crippen MR) is 74.2 cm³/mol. The summed E-state index contributed by atoms with van der Waals surface area (Å²) in [5, 5.41) is 3.33. The molecule has 0 aromatic rings. The summed E-state index contributed by atoms with van der Waals surface area (Å²) in [5.74, 6) is 2.08. The van der Waals surface area contributed by atoms with E-state index in [4.69, 9.17) is 0 Å². The Hall–Kier alpha value is -0.570. The molecule has 1 aliphatic carbocycles. The highest BCUT2D eigenvalue weighted by molar-refractivity contribution is 5.80. The van der Waals surface area contributed by atoms with Crippen molar-refractivity contribution in [1.29, 1.82) is 0 Å². The molecular formula is C15H28N2O. The van der Waals surface area contributed by atoms with Crippen molar-refractivity contribution in [2.45, 2.75) is 65.0 Å². The average Bonchev–Trinajstić information content (AvgIpc) is 2.71. The second kappa shape index (κ2) is 6.55. The fourth-order valence-electron chi connectivity index (χ4n) is 3.34. The van der Waals surface area contributed by atoms with Crippen LogP contribution in [0.2, 0.25) is 0 Å². The average molecular weight is 252 g/mol. The van der Waals surface area contributed by atoms with Crippen LogP contribution in [-0.4, -0.2) is 30.1 Å². The maximum atomic E-state index is 11.8. The lowest BCUT2D eigenvalue weighted by molar-refractivity contribution is -0.128. The predicted octanol–water partition coefficient (Wildman–Crippen LogP) is 2.76. The fraction of sp³-hybridized carbons (Fsp3) is 0.933. The first-order valence-electron chi connectivity index (χ1n) is 7.73. The highest BCUT2D eigenvalue weighted by Gasteiger charge is 2.30. The van der Waals surface area contributed by atoms with Crippen LogP contribution in [0.4, 0.5) is 0 Å². The molecule has 2 fully saturated rings. The van der Waals surface area contributed by atoms with Crippen LogP contribution in [0.5, 0.6) is 0 Å². The van der Waals surface area contributed by atoms with Gasteiger partial charge >= 0.3 is 0 Å². The van der Waals surface area contributed by atoms with Gasteiger partial charge in [-0.25, -0.2) is 0 Å². The first-order valence-corrected chi connectivity index (χ1v) is 7.73. The van der Waals surface area contributed by atoms with E-state index in [9.17, 15) is 4.79 Å². The van der Waals surface area contributed by atoms with Crippen LogP contribution in [0.3, 0.4) is 0 Å². The van der Waals surface area contributed by atoms with E-state index in [1.165, 1.54) is 32.1 Å². The number of rotatable bonds is 5. The Morgan fingerprint density at radius 1 is 1.22 bits per heavy atom. The summed E-state index contributed by atoms with van der Waals surface area (Å²) >= 11 is 0. The first-order chi connectivity index (χ1) is 8.70. The van der Waals surface area contributed by atoms with Gasteiger partial charge in [-0.05, 0) is 24.7 Å². The Labute approximate surface area is 111 Å². The van der Waals surface area contributed by atoms with Crippen molar-refractivity contribution < 1.29 is 4.79 Å². The molecule has 2 aliphatic rings. The summed E-state index contributed by atoms with van der Waals surface area (Å²) in [7, 11) is 0. The number of carbonyl (C=O) groups is 1. The molecule has 0 bridgehead atoms. The summed E-state index contributed by atoms with van der Waals surface area (Å²) < 4.78 is 0. The van der Waals surface area contributed by atoms with E-state index in [-0.39, 0.29) is 0 Å². The number of amides is 1. The van der Waals surface area contributed by atoms with Crippen LogP contribution in [-0.2, 0) is 4.79 Å². The minimum atomic E-state index is 0.303. The lowest BCUT2D eigenvalue weighted by Crippen LogP contribution is -2.38. The van der Waals surface area contributed by atoms with Crippen molar-refractivity contribution in [3.05, 3.63) is 0 Å². The minimum absolute atomic E-state index is 0.303. The van der Waals surface area contributed by atoms with Crippen molar-refractivity contribution in [2.75, 3.05) is 13.1 Å². The third-order valence-electron chi connectivity index (χ3n) is 4.66. The maximum absolute atomic E-state index is 11.8. The SMILES string of the molecule is CCCC1NCC(=O)N1CCC1CCC(C)CC1. The molecule has 18 heavy (non-hydrogen) atoms. The van der Waals surface area contributed by atoms with E-state index < -0.39 is 0 Å². The second-order valence-corrected chi connectivity index (χ2v) is 6.19. The van der Waals surface area contributed by atoms with Crippen molar-refractivity contribution in [1.82, 2.24) is 10.2 Å². The van der Waals surface area contributed by atoms with Gasteiger partial charge in [-0.2, -0.15) is 0 Å². The van der Waals surface area contributed by atoms with Gasteiger partial charge in [0.05, 0.1) is 12.7 Å². The highest BCUT2D eigenvalue weighted by atomic mass is 16.2. The molecule has 1 saturated heterocycles. The molecule has 1 atom stereocenters. The van der Waals surface area contributed by atoms with E-state index in [0.29, 0.717) is 18.6 Å². The van der Waals surface area contributed by atoms with Crippen LogP contribution in [0, 0.1) is 11.8 Å². The lowest BCUT2D eigenvalue weighted by Gasteiger charge is -2.29. The van der Waals surface area contributed by atoms with E-state index in [1.807, 2.05) is 0 Å². The largest absolute Gasteiger partial charge is 0.326 e. The van der Waals surface area contributed by atoms with Crippen molar-refractivity contribution in [2.24, 2.45) is 11.8 Å². The minimum Gasteiger partial charge on any atom is -0.326 e. The Bertz CT molecular complexity index is 272. The zero-order valence-corrected chi connectivity index (χ0v) is 12.0. The maximum Gasteiger partial charge on any atom is 0.237 e. The normalized spacial score (nSPS) is 33.1. The van der Waals surface area contributed by atoms with Gasteiger partial charge in [0.15, 0.2) is 0 Å². The summed E-state index contributed by atoms with van der Waals surface area (Å²) in [6.07, 6.45) is 9.26. The van der Waals surface area contributed by atoms with Gasteiger partial charge in [-0.15, -0.1) is 0 Å². The Morgan fingerprint density at radius 2 is 1.94 bits per heavy atom. The number of hydrogen-bond donors (Lipinski definition) is 1. The molecule has 3 nitrogen and oxygen atoms in total. The third kappa shape index (κ3) is 3.47. The second-order valence-electron chi connectivity index (χ2n) is 6.19. The molecule has 1 N–H and O–H groups in total. The van der Waals surface area contributed by atoms with Crippen LogP contribution in [0.1, 0.15) is 58.8 Å². The van der Waals surface area contributed by atoms with Gasteiger partial charge in [0.1, 0.15) is 0 Å². The first kappa shape index (κ1) is 13.9. The standard InChI is InChI=1S/C15H28N2O/c1-3-4-14-16-11-15(18)17(14)10-9-13-7-5-12(2)6-8-13/h12-14,16H,3-11H2,1-2H3. The van der Waals surface area contributed by atoms with Crippen LogP contribution >= 0.6 is 0 Å². The monoisotopic (exact) mass is 252 g/mol. The lowest BCUT2D eigenvalue weighted by atomic mass is 9.81. The molecule has 0 aromatic carbocycles. The van der Waals surface area contributed by atoms with Gasteiger partial charge in [0.2, 0.25) is 5.91 Å². The fourth-order valence-corrected chi connectivity index (χ4v) is 3.34. The Morgan fingerprint density at radius 3 is 2.61 bits per heavy atom. The topological polar surface area (TPSA) is 32.3 Å². The molecule has 1 unspecified atom stereocenters. The third-order valence-corrected chi connectivity index (χ3v) is 4.66. The van der Waals surface area contributed by atoms with Gasteiger partial charge in [0, 0.05) is 6.54 Å². The number of carbonyl (C=O) groups excluding carboxylic acids is 1. The van der Waals surface area contributed by atoms with Gasteiger partial charge in [0.25, 0.3) is 0 Å². The zero-order chi connectivity index (χ0) is 13.0. The Balaban J connectivity index is 1.76. The number of nitrogens with zero attached hydrogens (tertiary/aromatic N) is 1.